The summed E-state index contributed by atoms with van der Waals surface area (Å²) in [5.41, 5.74) is 2.06. The average Bonchev–Trinajstić information content (AvgIpc) is 2.89. The van der Waals surface area contributed by atoms with Crippen LogP contribution < -0.4 is 10.1 Å². The molecule has 0 bridgehead atoms. The molecule has 2 aromatic carbocycles. The third-order valence-corrected chi connectivity index (χ3v) is 3.90. The Morgan fingerprint density at radius 3 is 2.77 bits per heavy atom. The minimum Gasteiger partial charge on any atom is -0.494 e. The number of carbonyl (C=O) groups excluding carboxylic acids is 1. The molecule has 114 valence electrons. The van der Waals surface area contributed by atoms with Crippen LogP contribution in [0.25, 0.3) is 0 Å². The number of carbonyl (C=O) groups is 1. The van der Waals surface area contributed by atoms with E-state index >= 15 is 0 Å². The first-order chi connectivity index (χ1) is 10.6. The van der Waals surface area contributed by atoms with Crippen LogP contribution in [-0.4, -0.2) is 13.0 Å². The van der Waals surface area contributed by atoms with Crippen molar-refractivity contribution in [3.63, 3.8) is 0 Å². The molecule has 0 aromatic heterocycles. The number of hydrogen-bond donors (Lipinski definition) is 1. The SMILES string of the molecule is COc1ccc(C(=O)NC2CCc3cc(F)ccc32)cc1F. The maximum Gasteiger partial charge on any atom is 0.251 e. The van der Waals surface area contributed by atoms with Gasteiger partial charge in [-0.1, -0.05) is 6.07 Å². The highest BCUT2D eigenvalue weighted by atomic mass is 19.1. The molecular formula is C17H15F2NO2. The van der Waals surface area contributed by atoms with Gasteiger partial charge in [0, 0.05) is 5.56 Å². The van der Waals surface area contributed by atoms with Crippen LogP contribution in [0.2, 0.25) is 0 Å². The van der Waals surface area contributed by atoms with Gasteiger partial charge in [0.1, 0.15) is 5.82 Å². The summed E-state index contributed by atoms with van der Waals surface area (Å²) in [6, 6.07) is 8.48. The van der Waals surface area contributed by atoms with Gasteiger partial charge in [-0.2, -0.15) is 0 Å². The second kappa shape index (κ2) is 5.75. The smallest absolute Gasteiger partial charge is 0.251 e. The fourth-order valence-electron chi connectivity index (χ4n) is 2.79. The van der Waals surface area contributed by atoms with E-state index in [9.17, 15) is 13.6 Å². The summed E-state index contributed by atoms with van der Waals surface area (Å²) in [6.07, 6.45) is 1.43. The number of rotatable bonds is 3. The largest absolute Gasteiger partial charge is 0.494 e. The molecule has 0 spiro atoms. The predicted octanol–water partition coefficient (Wildman–Crippen LogP) is 3.39. The Labute approximate surface area is 126 Å². The molecule has 1 atom stereocenters. The molecular weight excluding hydrogens is 288 g/mol. The van der Waals surface area contributed by atoms with Gasteiger partial charge < -0.3 is 10.1 Å². The zero-order chi connectivity index (χ0) is 15.7. The lowest BCUT2D eigenvalue weighted by Crippen LogP contribution is -2.27. The van der Waals surface area contributed by atoms with Crippen molar-refractivity contribution in [2.75, 3.05) is 7.11 Å². The zero-order valence-corrected chi connectivity index (χ0v) is 12.0. The van der Waals surface area contributed by atoms with Gasteiger partial charge in [0.25, 0.3) is 5.91 Å². The molecule has 1 unspecified atom stereocenters. The molecule has 5 heteroatoms. The molecule has 1 amide bonds. The van der Waals surface area contributed by atoms with Gasteiger partial charge in [0.2, 0.25) is 0 Å². The number of aryl methyl sites for hydroxylation is 1. The standard InChI is InChI=1S/C17H15F2NO2/c1-22-16-7-3-11(9-14(16)19)17(21)20-15-6-2-10-8-12(18)4-5-13(10)15/h3-5,7-9,15H,2,6H2,1H3,(H,20,21). The fourth-order valence-corrected chi connectivity index (χ4v) is 2.79. The predicted molar refractivity (Wildman–Crippen MR) is 77.9 cm³/mol. The number of amides is 1. The zero-order valence-electron chi connectivity index (χ0n) is 12.0. The molecule has 22 heavy (non-hydrogen) atoms. The topological polar surface area (TPSA) is 38.3 Å². The summed E-state index contributed by atoms with van der Waals surface area (Å²) in [5, 5.41) is 2.87. The first kappa shape index (κ1) is 14.5. The van der Waals surface area contributed by atoms with Gasteiger partial charge in [-0.15, -0.1) is 0 Å². The van der Waals surface area contributed by atoms with E-state index in [-0.39, 0.29) is 29.1 Å². The van der Waals surface area contributed by atoms with Crippen LogP contribution in [0.5, 0.6) is 5.75 Å². The highest BCUT2D eigenvalue weighted by molar-refractivity contribution is 5.94. The molecule has 1 aliphatic carbocycles. The van der Waals surface area contributed by atoms with Crippen molar-refractivity contribution in [3.8, 4) is 5.75 Å². The van der Waals surface area contributed by atoms with Crippen LogP contribution in [-0.2, 0) is 6.42 Å². The Balaban J connectivity index is 1.77. The van der Waals surface area contributed by atoms with Crippen LogP contribution in [0, 0.1) is 11.6 Å². The number of hydrogen-bond acceptors (Lipinski definition) is 2. The molecule has 1 N–H and O–H groups in total. The molecule has 0 radical (unpaired) electrons. The van der Waals surface area contributed by atoms with Crippen molar-refractivity contribution < 1.29 is 18.3 Å². The highest BCUT2D eigenvalue weighted by Crippen LogP contribution is 2.31. The molecule has 0 heterocycles. The molecule has 1 aliphatic rings. The lowest BCUT2D eigenvalue weighted by Gasteiger charge is -2.14. The Morgan fingerprint density at radius 1 is 1.23 bits per heavy atom. The molecule has 3 rings (SSSR count). The number of fused-ring (bicyclic) bond motifs is 1. The summed E-state index contributed by atoms with van der Waals surface area (Å²) in [7, 11) is 1.37. The quantitative estimate of drug-likeness (QED) is 0.944. The van der Waals surface area contributed by atoms with Crippen molar-refractivity contribution in [2.24, 2.45) is 0 Å². The van der Waals surface area contributed by atoms with Crippen molar-refractivity contribution in [2.45, 2.75) is 18.9 Å². The molecule has 0 saturated carbocycles. The average molecular weight is 303 g/mol. The number of ether oxygens (including phenoxy) is 1. The second-order valence-corrected chi connectivity index (χ2v) is 5.26. The maximum atomic E-state index is 13.7. The van der Waals surface area contributed by atoms with E-state index in [2.05, 4.69) is 5.32 Å². The van der Waals surface area contributed by atoms with E-state index in [1.807, 2.05) is 0 Å². The fraction of sp³-hybridized carbons (Fsp3) is 0.235. The summed E-state index contributed by atoms with van der Waals surface area (Å²) >= 11 is 0. The van der Waals surface area contributed by atoms with Crippen molar-refractivity contribution in [1.29, 1.82) is 0 Å². The van der Waals surface area contributed by atoms with Gasteiger partial charge in [-0.3, -0.25) is 4.79 Å². The molecule has 0 aliphatic heterocycles. The van der Waals surface area contributed by atoms with E-state index in [1.54, 1.807) is 6.07 Å². The van der Waals surface area contributed by atoms with Crippen LogP contribution in [0.1, 0.15) is 33.9 Å². The van der Waals surface area contributed by atoms with Crippen LogP contribution in [0.15, 0.2) is 36.4 Å². The molecule has 0 saturated heterocycles. The van der Waals surface area contributed by atoms with Gasteiger partial charge in [-0.25, -0.2) is 8.78 Å². The van der Waals surface area contributed by atoms with Gasteiger partial charge >= 0.3 is 0 Å². The highest BCUT2D eigenvalue weighted by Gasteiger charge is 2.24. The Morgan fingerprint density at radius 2 is 2.05 bits per heavy atom. The minimum atomic E-state index is -0.580. The Hall–Kier alpha value is -2.43. The van der Waals surface area contributed by atoms with E-state index < -0.39 is 5.82 Å². The summed E-state index contributed by atoms with van der Waals surface area (Å²) in [5.74, 6) is -1.12. The summed E-state index contributed by atoms with van der Waals surface area (Å²) < 4.78 is 31.7. The van der Waals surface area contributed by atoms with Gasteiger partial charge in [0.15, 0.2) is 11.6 Å². The normalized spacial score (nSPS) is 16.2. The number of methoxy groups -OCH3 is 1. The van der Waals surface area contributed by atoms with Gasteiger partial charge in [0.05, 0.1) is 13.2 Å². The second-order valence-electron chi connectivity index (χ2n) is 5.26. The number of halogens is 2. The number of nitrogens with one attached hydrogen (secondary N) is 1. The van der Waals surface area contributed by atoms with E-state index in [0.29, 0.717) is 6.42 Å². The Kier molecular flexibility index (Phi) is 3.79. The van der Waals surface area contributed by atoms with Crippen molar-refractivity contribution in [1.82, 2.24) is 5.32 Å². The van der Waals surface area contributed by atoms with Crippen molar-refractivity contribution in [3.05, 3.63) is 64.7 Å². The van der Waals surface area contributed by atoms with E-state index in [0.717, 1.165) is 23.6 Å². The molecule has 3 nitrogen and oxygen atoms in total. The molecule has 0 fully saturated rings. The monoisotopic (exact) mass is 303 g/mol. The van der Waals surface area contributed by atoms with Gasteiger partial charge in [-0.05, 0) is 54.3 Å². The van der Waals surface area contributed by atoms with Crippen LogP contribution in [0.4, 0.5) is 8.78 Å². The first-order valence-corrected chi connectivity index (χ1v) is 7.01. The Bertz CT molecular complexity index is 731. The lowest BCUT2D eigenvalue weighted by molar-refractivity contribution is 0.0936. The first-order valence-electron chi connectivity index (χ1n) is 7.01. The molecule has 2 aromatic rings. The van der Waals surface area contributed by atoms with E-state index in [4.69, 9.17) is 4.74 Å². The summed E-state index contributed by atoms with van der Waals surface area (Å²) in [4.78, 5) is 12.2. The van der Waals surface area contributed by atoms with Crippen LogP contribution >= 0.6 is 0 Å². The minimum absolute atomic E-state index is 0.0956. The third kappa shape index (κ3) is 2.66. The maximum absolute atomic E-state index is 13.7. The summed E-state index contributed by atoms with van der Waals surface area (Å²) in [6.45, 7) is 0. The third-order valence-electron chi connectivity index (χ3n) is 3.90. The van der Waals surface area contributed by atoms with E-state index in [1.165, 1.54) is 31.4 Å². The van der Waals surface area contributed by atoms with Crippen molar-refractivity contribution >= 4 is 5.91 Å². The lowest BCUT2D eigenvalue weighted by atomic mass is 10.1. The van der Waals surface area contributed by atoms with Crippen LogP contribution in [0.3, 0.4) is 0 Å². The number of benzene rings is 2.